The standard InChI is InChI=1S/C16H27N5O4Si/c1-10-8-21(15(23)18-14(10)22)13-7-11(19-20-17)12(25-13)9-24-26(5,6)16(2,3)4/h8,11-13H,7,9H2,1-6H3,(H,18,22,23)/t11-,12-,13-/m1/s1. The Hall–Kier alpha value is -1.87. The largest absolute Gasteiger partial charge is 0.414 e. The summed E-state index contributed by atoms with van der Waals surface area (Å²) >= 11 is 0. The minimum Gasteiger partial charge on any atom is -0.414 e. The van der Waals surface area contributed by atoms with Gasteiger partial charge in [0.05, 0.1) is 18.8 Å². The van der Waals surface area contributed by atoms with Gasteiger partial charge in [-0.15, -0.1) is 0 Å². The summed E-state index contributed by atoms with van der Waals surface area (Å²) in [4.78, 5) is 28.8. The molecule has 0 amide bonds. The summed E-state index contributed by atoms with van der Waals surface area (Å²) in [7, 11) is -1.98. The van der Waals surface area contributed by atoms with Gasteiger partial charge in [-0.05, 0) is 30.6 Å². The molecule has 10 heteroatoms. The second kappa shape index (κ2) is 7.40. The van der Waals surface area contributed by atoms with Crippen LogP contribution in [0, 0.1) is 6.92 Å². The van der Waals surface area contributed by atoms with Gasteiger partial charge < -0.3 is 9.16 Å². The molecule has 1 aliphatic heterocycles. The van der Waals surface area contributed by atoms with E-state index in [0.29, 0.717) is 18.6 Å². The smallest absolute Gasteiger partial charge is 0.330 e. The molecule has 0 spiro atoms. The molecule has 26 heavy (non-hydrogen) atoms. The fourth-order valence-electron chi connectivity index (χ4n) is 2.53. The van der Waals surface area contributed by atoms with E-state index in [-0.39, 0.29) is 5.04 Å². The Morgan fingerprint density at radius 1 is 1.46 bits per heavy atom. The number of hydrogen-bond donors (Lipinski definition) is 1. The van der Waals surface area contributed by atoms with Crippen molar-refractivity contribution in [2.45, 2.75) is 70.6 Å². The molecule has 0 saturated carbocycles. The molecule has 1 aliphatic rings. The molecule has 1 fully saturated rings. The van der Waals surface area contributed by atoms with E-state index in [2.05, 4.69) is 48.9 Å². The van der Waals surface area contributed by atoms with Crippen molar-refractivity contribution in [1.82, 2.24) is 9.55 Å². The van der Waals surface area contributed by atoms with Crippen LogP contribution in [0.1, 0.15) is 39.0 Å². The third-order valence-corrected chi connectivity index (χ3v) is 9.78. The zero-order chi connectivity index (χ0) is 19.7. The molecular weight excluding hydrogens is 354 g/mol. The van der Waals surface area contributed by atoms with E-state index in [0.717, 1.165) is 0 Å². The summed E-state index contributed by atoms with van der Waals surface area (Å²) in [5.74, 6) is 0. The van der Waals surface area contributed by atoms with Gasteiger partial charge in [0.1, 0.15) is 6.23 Å². The van der Waals surface area contributed by atoms with Crippen molar-refractivity contribution >= 4 is 8.32 Å². The molecule has 0 aliphatic carbocycles. The van der Waals surface area contributed by atoms with Crippen LogP contribution in [-0.2, 0) is 9.16 Å². The lowest BCUT2D eigenvalue weighted by atomic mass is 10.1. The van der Waals surface area contributed by atoms with Gasteiger partial charge in [-0.3, -0.25) is 14.3 Å². The SMILES string of the molecule is Cc1cn([C@H]2C[C@@H](N=[N+]=[N-])[C@@H](CO[Si](C)(C)C(C)(C)C)O2)c(=O)[nH]c1=O. The lowest BCUT2D eigenvalue weighted by molar-refractivity contribution is -0.0246. The van der Waals surface area contributed by atoms with Crippen molar-refractivity contribution in [2.75, 3.05) is 6.61 Å². The monoisotopic (exact) mass is 381 g/mol. The first-order chi connectivity index (χ1) is 12.0. The van der Waals surface area contributed by atoms with Crippen molar-refractivity contribution in [2.24, 2.45) is 5.11 Å². The van der Waals surface area contributed by atoms with Gasteiger partial charge in [0.2, 0.25) is 0 Å². The molecule has 0 unspecified atom stereocenters. The molecule has 0 aromatic carbocycles. The third-order valence-electron chi connectivity index (χ3n) is 5.27. The van der Waals surface area contributed by atoms with Crippen LogP contribution in [0.2, 0.25) is 18.1 Å². The fourth-order valence-corrected chi connectivity index (χ4v) is 3.54. The van der Waals surface area contributed by atoms with E-state index < -0.39 is 37.9 Å². The van der Waals surface area contributed by atoms with E-state index in [1.54, 1.807) is 6.92 Å². The Balaban J connectivity index is 2.21. The van der Waals surface area contributed by atoms with Crippen LogP contribution in [0.15, 0.2) is 20.9 Å². The Labute approximate surface area is 153 Å². The van der Waals surface area contributed by atoms with Gasteiger partial charge in [-0.1, -0.05) is 25.9 Å². The highest BCUT2D eigenvalue weighted by Crippen LogP contribution is 2.38. The molecule has 144 valence electrons. The van der Waals surface area contributed by atoms with Gasteiger partial charge >= 0.3 is 5.69 Å². The Morgan fingerprint density at radius 3 is 2.69 bits per heavy atom. The van der Waals surface area contributed by atoms with Crippen LogP contribution in [0.25, 0.3) is 10.4 Å². The van der Waals surface area contributed by atoms with Crippen LogP contribution in [-0.4, -0.2) is 36.6 Å². The molecule has 3 atom stereocenters. The van der Waals surface area contributed by atoms with Crippen molar-refractivity contribution in [1.29, 1.82) is 0 Å². The average Bonchev–Trinajstić information content (AvgIpc) is 2.91. The summed E-state index contributed by atoms with van der Waals surface area (Å²) < 4.78 is 13.5. The van der Waals surface area contributed by atoms with E-state index >= 15 is 0 Å². The molecule has 2 rings (SSSR count). The number of hydrogen-bond acceptors (Lipinski definition) is 5. The predicted octanol–water partition coefficient (Wildman–Crippen LogP) is 2.83. The predicted molar refractivity (Wildman–Crippen MR) is 101 cm³/mol. The Kier molecular flexibility index (Phi) is 5.81. The van der Waals surface area contributed by atoms with Crippen LogP contribution in [0.3, 0.4) is 0 Å². The number of aromatic amines is 1. The summed E-state index contributed by atoms with van der Waals surface area (Å²) in [6.45, 7) is 12.6. The second-order valence-electron chi connectivity index (χ2n) is 8.19. The topological polar surface area (TPSA) is 122 Å². The minimum absolute atomic E-state index is 0.0476. The first kappa shape index (κ1) is 20.4. The number of azide groups is 1. The number of ether oxygens (including phenoxy) is 1. The molecule has 1 aromatic heterocycles. The highest BCUT2D eigenvalue weighted by molar-refractivity contribution is 6.74. The van der Waals surface area contributed by atoms with Gasteiger partial charge in [-0.2, -0.15) is 0 Å². The molecule has 1 saturated heterocycles. The molecule has 9 nitrogen and oxygen atoms in total. The quantitative estimate of drug-likeness (QED) is 0.364. The Bertz CT molecular complexity index is 819. The average molecular weight is 382 g/mol. The number of nitrogens with zero attached hydrogens (tertiary/aromatic N) is 4. The highest BCUT2D eigenvalue weighted by atomic mass is 28.4. The zero-order valence-electron chi connectivity index (χ0n) is 16.1. The first-order valence-corrected chi connectivity index (χ1v) is 11.5. The maximum Gasteiger partial charge on any atom is 0.330 e. The molecule has 2 heterocycles. The molecule has 0 radical (unpaired) electrons. The number of nitrogens with one attached hydrogen (secondary N) is 1. The fraction of sp³-hybridized carbons (Fsp3) is 0.750. The summed E-state index contributed by atoms with van der Waals surface area (Å²) in [6, 6.07) is -0.436. The maximum absolute atomic E-state index is 12.1. The summed E-state index contributed by atoms with van der Waals surface area (Å²) in [6.07, 6.45) is 0.766. The van der Waals surface area contributed by atoms with Crippen molar-refractivity contribution in [3.05, 3.63) is 43.0 Å². The van der Waals surface area contributed by atoms with E-state index in [4.69, 9.17) is 14.7 Å². The van der Waals surface area contributed by atoms with Crippen LogP contribution in [0.4, 0.5) is 0 Å². The maximum atomic E-state index is 12.1. The summed E-state index contributed by atoms with van der Waals surface area (Å²) in [5.41, 5.74) is 8.29. The molecular formula is C16H27N5O4Si. The number of rotatable bonds is 5. The Morgan fingerprint density at radius 2 is 2.12 bits per heavy atom. The van der Waals surface area contributed by atoms with Crippen LogP contribution >= 0.6 is 0 Å². The van der Waals surface area contributed by atoms with E-state index in [1.807, 2.05) is 0 Å². The molecule has 1 N–H and O–H groups in total. The first-order valence-electron chi connectivity index (χ1n) is 8.62. The van der Waals surface area contributed by atoms with Crippen molar-refractivity contribution in [3.63, 3.8) is 0 Å². The minimum atomic E-state index is -1.98. The van der Waals surface area contributed by atoms with Gasteiger partial charge in [0.15, 0.2) is 8.32 Å². The highest BCUT2D eigenvalue weighted by Gasteiger charge is 2.41. The van der Waals surface area contributed by atoms with Crippen molar-refractivity contribution in [3.8, 4) is 0 Å². The van der Waals surface area contributed by atoms with E-state index in [1.165, 1.54) is 10.8 Å². The van der Waals surface area contributed by atoms with Crippen LogP contribution < -0.4 is 11.2 Å². The van der Waals surface area contributed by atoms with Gasteiger partial charge in [0, 0.05) is 23.1 Å². The normalized spacial score (nSPS) is 23.7. The summed E-state index contributed by atoms with van der Waals surface area (Å²) in [5, 5.41) is 3.86. The number of aryl methyl sites for hydroxylation is 1. The zero-order valence-corrected chi connectivity index (χ0v) is 17.1. The second-order valence-corrected chi connectivity index (χ2v) is 13.0. The number of H-pyrrole nitrogens is 1. The third kappa shape index (κ3) is 4.26. The lowest BCUT2D eigenvalue weighted by Gasteiger charge is -2.37. The van der Waals surface area contributed by atoms with Gasteiger partial charge in [0.25, 0.3) is 5.56 Å². The van der Waals surface area contributed by atoms with Gasteiger partial charge in [-0.25, -0.2) is 4.79 Å². The molecule has 0 bridgehead atoms. The lowest BCUT2D eigenvalue weighted by Crippen LogP contribution is -2.43. The molecule has 1 aromatic rings. The van der Waals surface area contributed by atoms with Crippen LogP contribution in [0.5, 0.6) is 0 Å². The van der Waals surface area contributed by atoms with E-state index in [9.17, 15) is 9.59 Å². The van der Waals surface area contributed by atoms with Crippen molar-refractivity contribution < 1.29 is 9.16 Å². The number of aromatic nitrogens is 2.